The van der Waals surface area contributed by atoms with Crippen LogP contribution in [-0.2, 0) is 9.59 Å². The number of alkyl halides is 3. The van der Waals surface area contributed by atoms with Gasteiger partial charge >= 0.3 is 12.1 Å². The molecule has 0 aromatic heterocycles. The lowest BCUT2D eigenvalue weighted by molar-refractivity contribution is -0.178. The highest BCUT2D eigenvalue weighted by atomic mass is 35.5. The zero-order chi connectivity index (χ0) is 23.6. The van der Waals surface area contributed by atoms with E-state index in [0.29, 0.717) is 10.6 Å². The summed E-state index contributed by atoms with van der Waals surface area (Å²) >= 11 is 12.1. The predicted molar refractivity (Wildman–Crippen MR) is 117 cm³/mol. The molecular formula is C23H22Cl2F3NO3. The van der Waals surface area contributed by atoms with Crippen molar-refractivity contribution in [3.05, 3.63) is 63.6 Å². The van der Waals surface area contributed by atoms with Crippen molar-refractivity contribution in [3.63, 3.8) is 0 Å². The average Bonchev–Trinajstić information content (AvgIpc) is 3.54. The summed E-state index contributed by atoms with van der Waals surface area (Å²) in [5.41, 5.74) is 1.01. The van der Waals surface area contributed by atoms with E-state index in [1.54, 1.807) is 12.1 Å². The Morgan fingerprint density at radius 2 is 1.69 bits per heavy atom. The number of aliphatic carboxylic acids is 1. The molecule has 0 unspecified atom stereocenters. The third-order valence-corrected chi connectivity index (χ3v) is 6.37. The summed E-state index contributed by atoms with van der Waals surface area (Å²) in [6, 6.07) is 10.4. The first kappa shape index (κ1) is 24.4. The van der Waals surface area contributed by atoms with Gasteiger partial charge in [0.05, 0.1) is 29.0 Å². The second-order valence-electron chi connectivity index (χ2n) is 8.13. The second-order valence-corrected chi connectivity index (χ2v) is 8.97. The first-order valence-electron chi connectivity index (χ1n) is 10.1. The van der Waals surface area contributed by atoms with E-state index < -0.39 is 29.9 Å². The van der Waals surface area contributed by atoms with Crippen LogP contribution in [0.15, 0.2) is 42.5 Å². The van der Waals surface area contributed by atoms with Crippen LogP contribution in [0.2, 0.25) is 10.0 Å². The largest absolute Gasteiger partial charge is 0.481 e. The SMILES string of the molecule is C[C@H]([C@H](C(=O)Nc1cc([C@@H](CC(=O)O)C2CC2)ccc1Cl)c1ccc(Cl)cc1)C(F)(F)F. The number of nitrogens with one attached hydrogen (secondary N) is 1. The van der Waals surface area contributed by atoms with Gasteiger partial charge in [-0.15, -0.1) is 0 Å². The van der Waals surface area contributed by atoms with Crippen molar-refractivity contribution in [1.82, 2.24) is 0 Å². The van der Waals surface area contributed by atoms with Gasteiger partial charge in [-0.3, -0.25) is 9.59 Å². The van der Waals surface area contributed by atoms with Crippen LogP contribution < -0.4 is 5.32 Å². The van der Waals surface area contributed by atoms with E-state index in [4.69, 9.17) is 23.2 Å². The standard InChI is InChI=1S/C23H22Cl2F3NO3/c1-12(23(26,27)28)21(14-4-7-16(24)8-5-14)22(32)29-19-10-15(6-9-18(19)25)17(11-20(30)31)13-2-3-13/h4-10,12-13,17,21H,2-3,11H2,1H3,(H,29,32)(H,30,31)/t12-,17+,21+/m1/s1. The Labute approximate surface area is 193 Å². The quantitative estimate of drug-likeness (QED) is 0.426. The molecule has 2 aromatic rings. The minimum Gasteiger partial charge on any atom is -0.481 e. The van der Waals surface area contributed by atoms with E-state index >= 15 is 0 Å². The smallest absolute Gasteiger partial charge is 0.392 e. The van der Waals surface area contributed by atoms with Gasteiger partial charge in [0.15, 0.2) is 0 Å². The lowest BCUT2D eigenvalue weighted by Crippen LogP contribution is -2.34. The minimum atomic E-state index is -4.61. The highest BCUT2D eigenvalue weighted by molar-refractivity contribution is 6.33. The molecular weight excluding hydrogens is 466 g/mol. The Morgan fingerprint density at radius 3 is 2.22 bits per heavy atom. The summed E-state index contributed by atoms with van der Waals surface area (Å²) in [6.07, 6.45) is -2.86. The molecule has 0 bridgehead atoms. The number of benzene rings is 2. The molecule has 2 aromatic carbocycles. The number of anilines is 1. The third kappa shape index (κ3) is 5.95. The van der Waals surface area contributed by atoms with Gasteiger partial charge in [0.25, 0.3) is 0 Å². The van der Waals surface area contributed by atoms with Gasteiger partial charge in [-0.2, -0.15) is 13.2 Å². The number of halogens is 5. The Balaban J connectivity index is 1.91. The molecule has 1 aliphatic rings. The van der Waals surface area contributed by atoms with Gasteiger partial charge in [-0.25, -0.2) is 0 Å². The van der Waals surface area contributed by atoms with Crippen molar-refractivity contribution in [2.75, 3.05) is 5.32 Å². The number of hydrogen-bond acceptors (Lipinski definition) is 2. The van der Waals surface area contributed by atoms with Crippen LogP contribution in [0, 0.1) is 11.8 Å². The molecule has 1 fully saturated rings. The lowest BCUT2D eigenvalue weighted by Gasteiger charge is -2.26. The lowest BCUT2D eigenvalue weighted by atomic mass is 9.85. The predicted octanol–water partition coefficient (Wildman–Crippen LogP) is 6.88. The Bertz CT molecular complexity index is 991. The summed E-state index contributed by atoms with van der Waals surface area (Å²) < 4.78 is 40.6. The number of carbonyl (C=O) groups is 2. The van der Waals surface area contributed by atoms with Crippen LogP contribution in [0.25, 0.3) is 0 Å². The first-order valence-corrected chi connectivity index (χ1v) is 10.9. The molecule has 9 heteroatoms. The maximum absolute atomic E-state index is 13.5. The van der Waals surface area contributed by atoms with Crippen molar-refractivity contribution >= 4 is 40.8 Å². The topological polar surface area (TPSA) is 66.4 Å². The highest BCUT2D eigenvalue weighted by Gasteiger charge is 2.45. The van der Waals surface area contributed by atoms with Crippen LogP contribution in [0.4, 0.5) is 18.9 Å². The summed E-state index contributed by atoms with van der Waals surface area (Å²) in [4.78, 5) is 24.3. The molecule has 1 amide bonds. The molecule has 1 aliphatic carbocycles. The van der Waals surface area contributed by atoms with Crippen LogP contribution in [0.1, 0.15) is 49.1 Å². The number of rotatable bonds is 8. The molecule has 2 N–H and O–H groups in total. The molecule has 172 valence electrons. The van der Waals surface area contributed by atoms with Crippen LogP contribution in [0.3, 0.4) is 0 Å². The van der Waals surface area contributed by atoms with Crippen LogP contribution >= 0.6 is 23.2 Å². The van der Waals surface area contributed by atoms with E-state index in [2.05, 4.69) is 5.32 Å². The van der Waals surface area contributed by atoms with Gasteiger partial charge in [-0.1, -0.05) is 48.3 Å². The van der Waals surface area contributed by atoms with Gasteiger partial charge < -0.3 is 10.4 Å². The number of carboxylic acids is 1. The Kier molecular flexibility index (Phi) is 7.40. The number of hydrogen-bond donors (Lipinski definition) is 2. The van der Waals surface area contributed by atoms with Crippen molar-refractivity contribution in [2.45, 2.75) is 44.2 Å². The first-order chi connectivity index (χ1) is 15.0. The van der Waals surface area contributed by atoms with E-state index in [0.717, 1.165) is 19.8 Å². The summed E-state index contributed by atoms with van der Waals surface area (Å²) in [5.74, 6) is -5.31. The average molecular weight is 488 g/mol. The monoisotopic (exact) mass is 487 g/mol. The summed E-state index contributed by atoms with van der Waals surface area (Å²) in [7, 11) is 0. The fourth-order valence-corrected chi connectivity index (χ4v) is 4.14. The molecule has 3 rings (SSSR count). The number of amides is 1. The molecule has 32 heavy (non-hydrogen) atoms. The summed E-state index contributed by atoms with van der Waals surface area (Å²) in [6.45, 7) is 0.951. The Morgan fingerprint density at radius 1 is 1.09 bits per heavy atom. The van der Waals surface area contributed by atoms with Gasteiger partial charge in [0.1, 0.15) is 0 Å². The Hall–Kier alpha value is -2.25. The fourth-order valence-electron chi connectivity index (χ4n) is 3.85. The molecule has 0 heterocycles. The van der Waals surface area contributed by atoms with Crippen molar-refractivity contribution in [2.24, 2.45) is 11.8 Å². The zero-order valence-corrected chi connectivity index (χ0v) is 18.6. The minimum absolute atomic E-state index is 0.0712. The third-order valence-electron chi connectivity index (χ3n) is 5.79. The summed E-state index contributed by atoms with van der Waals surface area (Å²) in [5, 5.41) is 12.3. The van der Waals surface area contributed by atoms with Crippen LogP contribution in [0.5, 0.6) is 0 Å². The maximum Gasteiger partial charge on any atom is 0.392 e. The molecule has 0 radical (unpaired) electrons. The molecule has 1 saturated carbocycles. The maximum atomic E-state index is 13.5. The van der Waals surface area contributed by atoms with Gasteiger partial charge in [0, 0.05) is 5.02 Å². The zero-order valence-electron chi connectivity index (χ0n) is 17.1. The van der Waals surface area contributed by atoms with Crippen LogP contribution in [-0.4, -0.2) is 23.2 Å². The molecule has 0 saturated heterocycles. The van der Waals surface area contributed by atoms with E-state index in [9.17, 15) is 27.9 Å². The van der Waals surface area contributed by atoms with E-state index in [-0.39, 0.29) is 34.5 Å². The normalized spacial score (nSPS) is 16.8. The van der Waals surface area contributed by atoms with Crippen molar-refractivity contribution < 1.29 is 27.9 Å². The van der Waals surface area contributed by atoms with Gasteiger partial charge in [0.2, 0.25) is 5.91 Å². The molecule has 0 spiro atoms. The highest BCUT2D eigenvalue weighted by Crippen LogP contribution is 2.46. The molecule has 4 nitrogen and oxygen atoms in total. The number of carbonyl (C=O) groups excluding carboxylic acids is 1. The van der Waals surface area contributed by atoms with Gasteiger partial charge in [-0.05, 0) is 60.1 Å². The van der Waals surface area contributed by atoms with E-state index in [1.165, 1.54) is 30.3 Å². The second kappa shape index (κ2) is 9.71. The molecule has 0 aliphatic heterocycles. The number of carboxylic acid groups (broad SMARTS) is 1. The van der Waals surface area contributed by atoms with Crippen molar-refractivity contribution in [1.29, 1.82) is 0 Å². The fraction of sp³-hybridized carbons (Fsp3) is 0.391. The molecule has 3 atom stereocenters. The van der Waals surface area contributed by atoms with Crippen molar-refractivity contribution in [3.8, 4) is 0 Å². The van der Waals surface area contributed by atoms with E-state index in [1.807, 2.05) is 0 Å².